The Morgan fingerprint density at radius 3 is 2.08 bits per heavy atom. The van der Waals surface area contributed by atoms with Crippen molar-refractivity contribution in [3.8, 4) is 11.1 Å². The molecule has 14 heteroatoms. The fourth-order valence-electron chi connectivity index (χ4n) is 6.18. The molecule has 49 heavy (non-hydrogen) atoms. The van der Waals surface area contributed by atoms with Crippen LogP contribution in [0.15, 0.2) is 47.4 Å². The van der Waals surface area contributed by atoms with Crippen LogP contribution >= 0.6 is 0 Å². The second-order valence-corrected chi connectivity index (χ2v) is 12.9. The number of pyridine rings is 1. The van der Waals surface area contributed by atoms with E-state index in [1.165, 1.54) is 0 Å². The van der Waals surface area contributed by atoms with Gasteiger partial charge in [-0.3, -0.25) is 14.4 Å². The number of carbonyl (C=O) groups excluding carboxylic acids is 1. The number of rotatable bonds is 12. The van der Waals surface area contributed by atoms with E-state index in [1.54, 1.807) is 45.9 Å². The molecular weight excluding hydrogens is 659 g/mol. The topological polar surface area (TPSA) is 91.6 Å². The fraction of sp³-hybridized carbons (Fsp3) is 0.457. The molecule has 2 aromatic carbocycles. The Morgan fingerprint density at radius 2 is 1.57 bits per heavy atom. The molecule has 0 aliphatic carbocycles. The minimum absolute atomic E-state index is 0.0616. The molecule has 1 saturated heterocycles. The average Bonchev–Trinajstić information content (AvgIpc) is 2.94. The van der Waals surface area contributed by atoms with E-state index in [2.05, 4.69) is 5.32 Å². The molecular formula is C35H38F7N3O4. The van der Waals surface area contributed by atoms with Crippen LogP contribution in [-0.2, 0) is 28.4 Å². The Bertz CT molecular complexity index is 1740. The summed E-state index contributed by atoms with van der Waals surface area (Å²) in [5, 5.41) is 12.0. The molecule has 4 rings (SSSR count). The van der Waals surface area contributed by atoms with Crippen molar-refractivity contribution in [3.63, 3.8) is 0 Å². The highest BCUT2D eigenvalue weighted by molar-refractivity contribution is 5.82. The molecule has 0 spiro atoms. The van der Waals surface area contributed by atoms with Crippen LogP contribution < -0.4 is 10.9 Å². The number of aliphatic carboxylic acids is 1. The van der Waals surface area contributed by atoms with Crippen molar-refractivity contribution in [1.82, 2.24) is 14.8 Å². The van der Waals surface area contributed by atoms with E-state index in [-0.39, 0.29) is 36.4 Å². The van der Waals surface area contributed by atoms with Crippen molar-refractivity contribution in [2.45, 2.75) is 77.8 Å². The number of aryl methyl sites for hydroxylation is 2. The molecule has 2 heterocycles. The Hall–Kier alpha value is -4.20. The molecule has 1 aliphatic heterocycles. The van der Waals surface area contributed by atoms with Crippen LogP contribution in [0.3, 0.4) is 0 Å². The first-order chi connectivity index (χ1) is 22.8. The van der Waals surface area contributed by atoms with Crippen molar-refractivity contribution >= 4 is 11.9 Å². The molecule has 1 amide bonds. The number of hydrogen-bond acceptors (Lipinski definition) is 4. The summed E-state index contributed by atoms with van der Waals surface area (Å²) in [5.41, 5.74) is -3.53. The first-order valence-electron chi connectivity index (χ1n) is 15.8. The molecule has 7 nitrogen and oxygen atoms in total. The van der Waals surface area contributed by atoms with Crippen molar-refractivity contribution in [2.75, 3.05) is 19.6 Å². The third-order valence-electron chi connectivity index (χ3n) is 8.69. The van der Waals surface area contributed by atoms with Crippen molar-refractivity contribution < 1.29 is 45.4 Å². The standard InChI is InChI=1S/C35H38F7N3O4/c1-19(2)13-28(45-18-22(9-12-44-10-6-11-44)25(16-29(45)46)34(37,38)39)33(49)43-27(17-30(47)48)24-14-23(15-26(32(24)36)35(40,41)42)31-20(3)7-5-8-21(31)4/h5,7-8,14-16,18-19,27-28H,6,9-13,17H2,1-4H3,(H,43,49)(H,47,48)/t27-,28?/m0/s1. The number of aromatic nitrogens is 1. The van der Waals surface area contributed by atoms with E-state index in [1.807, 2.05) is 4.90 Å². The van der Waals surface area contributed by atoms with E-state index in [0.717, 1.165) is 23.3 Å². The summed E-state index contributed by atoms with van der Waals surface area (Å²) < 4.78 is 101. The van der Waals surface area contributed by atoms with Crippen LogP contribution in [0.2, 0.25) is 0 Å². The largest absolute Gasteiger partial charge is 0.481 e. The number of benzene rings is 2. The van der Waals surface area contributed by atoms with Gasteiger partial charge in [-0.05, 0) is 92.1 Å². The quantitative estimate of drug-likeness (QED) is 0.192. The highest BCUT2D eigenvalue weighted by Crippen LogP contribution is 2.40. The van der Waals surface area contributed by atoms with Gasteiger partial charge in [0.2, 0.25) is 5.91 Å². The summed E-state index contributed by atoms with van der Waals surface area (Å²) in [5.74, 6) is -4.75. The highest BCUT2D eigenvalue weighted by Gasteiger charge is 2.39. The predicted molar refractivity (Wildman–Crippen MR) is 168 cm³/mol. The van der Waals surface area contributed by atoms with Crippen LogP contribution in [0, 0.1) is 25.6 Å². The van der Waals surface area contributed by atoms with E-state index < -0.39 is 70.8 Å². The van der Waals surface area contributed by atoms with Crippen LogP contribution in [0.1, 0.15) is 78.6 Å². The van der Waals surface area contributed by atoms with Crippen molar-refractivity contribution in [3.05, 3.63) is 92.1 Å². The van der Waals surface area contributed by atoms with Gasteiger partial charge in [-0.1, -0.05) is 32.0 Å². The SMILES string of the molecule is Cc1cccc(C)c1-c1cc([C@H](CC(=O)O)NC(=O)C(CC(C)C)n2cc(CCN3CCC3)c(C(F)(F)F)cc2=O)c(F)c(C(F)(F)F)c1. The van der Waals surface area contributed by atoms with Gasteiger partial charge in [0.05, 0.1) is 23.6 Å². The van der Waals surface area contributed by atoms with E-state index in [0.29, 0.717) is 41.9 Å². The number of nitrogens with one attached hydrogen (secondary N) is 1. The minimum Gasteiger partial charge on any atom is -0.481 e. The maximum Gasteiger partial charge on any atom is 0.419 e. The molecule has 2 N–H and O–H groups in total. The van der Waals surface area contributed by atoms with Gasteiger partial charge in [-0.25, -0.2) is 4.39 Å². The molecule has 3 aromatic rings. The van der Waals surface area contributed by atoms with Crippen LogP contribution in [0.25, 0.3) is 11.1 Å². The monoisotopic (exact) mass is 697 g/mol. The van der Waals surface area contributed by atoms with Gasteiger partial charge in [0.1, 0.15) is 11.9 Å². The Labute approximate surface area is 278 Å². The normalized spacial score (nSPS) is 15.2. The van der Waals surface area contributed by atoms with E-state index >= 15 is 4.39 Å². The highest BCUT2D eigenvalue weighted by atomic mass is 19.4. The number of alkyl halides is 6. The van der Waals surface area contributed by atoms with Gasteiger partial charge in [-0.15, -0.1) is 0 Å². The second kappa shape index (κ2) is 14.7. The fourth-order valence-corrected chi connectivity index (χ4v) is 6.18. The summed E-state index contributed by atoms with van der Waals surface area (Å²) in [6.45, 7) is 8.34. The average molecular weight is 698 g/mol. The third kappa shape index (κ3) is 8.89. The number of amides is 1. The smallest absolute Gasteiger partial charge is 0.419 e. The van der Waals surface area contributed by atoms with Crippen LogP contribution in [-0.4, -0.2) is 46.1 Å². The molecule has 0 radical (unpaired) electrons. The number of nitrogens with zero attached hydrogens (tertiary/aromatic N) is 2. The van der Waals surface area contributed by atoms with Gasteiger partial charge >= 0.3 is 18.3 Å². The first kappa shape index (κ1) is 37.6. The Morgan fingerprint density at radius 1 is 0.959 bits per heavy atom. The van der Waals surface area contributed by atoms with Gasteiger partial charge in [0.25, 0.3) is 5.56 Å². The first-order valence-corrected chi connectivity index (χ1v) is 15.8. The molecule has 2 atom stereocenters. The number of carboxylic acid groups (broad SMARTS) is 1. The van der Waals surface area contributed by atoms with Crippen LogP contribution in [0.4, 0.5) is 30.7 Å². The molecule has 0 saturated carbocycles. The summed E-state index contributed by atoms with van der Waals surface area (Å²) in [6.07, 6.45) is -9.41. The van der Waals surface area contributed by atoms with Crippen molar-refractivity contribution in [2.24, 2.45) is 5.92 Å². The second-order valence-electron chi connectivity index (χ2n) is 12.9. The molecule has 1 fully saturated rings. The van der Waals surface area contributed by atoms with Gasteiger partial charge in [0.15, 0.2) is 0 Å². The molecule has 266 valence electrons. The van der Waals surface area contributed by atoms with E-state index in [9.17, 15) is 45.8 Å². The Balaban J connectivity index is 1.83. The third-order valence-corrected chi connectivity index (χ3v) is 8.69. The van der Waals surface area contributed by atoms with Crippen LogP contribution in [0.5, 0.6) is 0 Å². The lowest BCUT2D eigenvalue weighted by molar-refractivity contribution is -0.140. The summed E-state index contributed by atoms with van der Waals surface area (Å²) >= 11 is 0. The van der Waals surface area contributed by atoms with Gasteiger partial charge in [0, 0.05) is 24.4 Å². The molecule has 1 aromatic heterocycles. The molecule has 0 bridgehead atoms. The van der Waals surface area contributed by atoms with E-state index in [4.69, 9.17) is 0 Å². The number of likely N-dealkylation sites (tertiary alicyclic amines) is 1. The maximum absolute atomic E-state index is 15.8. The molecule has 1 aliphatic rings. The van der Waals surface area contributed by atoms with Gasteiger partial charge in [-0.2, -0.15) is 26.3 Å². The molecule has 1 unspecified atom stereocenters. The zero-order valence-corrected chi connectivity index (χ0v) is 27.4. The number of carbonyl (C=O) groups is 2. The summed E-state index contributed by atoms with van der Waals surface area (Å²) in [7, 11) is 0. The maximum atomic E-state index is 15.8. The Kier molecular flexibility index (Phi) is 11.3. The zero-order chi connectivity index (χ0) is 36.4. The predicted octanol–water partition coefficient (Wildman–Crippen LogP) is 7.48. The lowest BCUT2D eigenvalue weighted by Crippen LogP contribution is -2.41. The summed E-state index contributed by atoms with van der Waals surface area (Å²) in [4.78, 5) is 41.0. The summed E-state index contributed by atoms with van der Waals surface area (Å²) in [6, 6.07) is 3.72. The van der Waals surface area contributed by atoms with Crippen molar-refractivity contribution in [1.29, 1.82) is 0 Å². The number of hydrogen-bond donors (Lipinski definition) is 2. The number of carboxylic acids is 1. The lowest BCUT2D eigenvalue weighted by atomic mass is 9.90. The lowest BCUT2D eigenvalue weighted by Gasteiger charge is -2.31. The minimum atomic E-state index is -5.19. The zero-order valence-electron chi connectivity index (χ0n) is 27.4. The van der Waals surface area contributed by atoms with Gasteiger partial charge < -0.3 is 19.9 Å². The number of halogens is 7.